The highest BCUT2D eigenvalue weighted by molar-refractivity contribution is 7.91. The average Bonchev–Trinajstić information content (AvgIpc) is 1.79. The van der Waals surface area contributed by atoms with Crippen molar-refractivity contribution in [2.24, 2.45) is 0 Å². The number of halogens is 2. The predicted octanol–water partition coefficient (Wildman–Crippen LogP) is 1.01. The first-order chi connectivity index (χ1) is 5.46. The molecule has 0 aliphatic heterocycles. The Morgan fingerprint density at radius 2 is 1.62 bits per heavy atom. The Morgan fingerprint density at radius 1 is 1.23 bits per heavy atom. The second kappa shape index (κ2) is 3.49. The molecule has 0 amide bonds. The van der Waals surface area contributed by atoms with E-state index in [9.17, 15) is 17.2 Å². The van der Waals surface area contributed by atoms with E-state index in [4.69, 9.17) is 0 Å². The van der Waals surface area contributed by atoms with Crippen molar-refractivity contribution in [3.05, 3.63) is 0 Å². The molecule has 0 aromatic rings. The van der Waals surface area contributed by atoms with Crippen LogP contribution in [0.5, 0.6) is 0 Å². The average molecular weight is 215 g/mol. The van der Waals surface area contributed by atoms with Gasteiger partial charge in [-0.1, -0.05) is 0 Å². The molecule has 0 atom stereocenters. The van der Waals surface area contributed by atoms with Crippen molar-refractivity contribution in [3.8, 4) is 0 Å². The van der Waals surface area contributed by atoms with Crippen LogP contribution in [0.25, 0.3) is 0 Å². The summed E-state index contributed by atoms with van der Waals surface area (Å²) >= 11 is 0. The zero-order valence-corrected chi connectivity index (χ0v) is 9.00. The van der Waals surface area contributed by atoms with Gasteiger partial charge >= 0.3 is 5.25 Å². The summed E-state index contributed by atoms with van der Waals surface area (Å²) in [6, 6.07) is 0. The van der Waals surface area contributed by atoms with Gasteiger partial charge in [-0.2, -0.15) is 8.78 Å². The Balaban J connectivity index is 4.38. The van der Waals surface area contributed by atoms with Gasteiger partial charge in [-0.25, -0.2) is 8.42 Å². The molecular formula is C7H15F2NO2S. The summed E-state index contributed by atoms with van der Waals surface area (Å²) in [6.07, 6.45) is 0.525. The van der Waals surface area contributed by atoms with Crippen LogP contribution < -0.4 is 5.32 Å². The van der Waals surface area contributed by atoms with Gasteiger partial charge in [0.25, 0.3) is 0 Å². The molecule has 0 rings (SSSR count). The Kier molecular flexibility index (Phi) is 3.43. The molecule has 0 bridgehead atoms. The molecule has 3 nitrogen and oxygen atoms in total. The topological polar surface area (TPSA) is 46.2 Å². The highest BCUT2D eigenvalue weighted by atomic mass is 32.2. The van der Waals surface area contributed by atoms with Crippen LogP contribution in [0.4, 0.5) is 8.78 Å². The molecule has 1 N–H and O–H groups in total. The molecule has 0 fully saturated rings. The van der Waals surface area contributed by atoms with E-state index in [0.717, 1.165) is 0 Å². The third kappa shape index (κ3) is 4.52. The highest BCUT2D eigenvalue weighted by Gasteiger charge is 2.41. The molecule has 6 heteroatoms. The normalized spacial score (nSPS) is 14.6. The Bertz CT molecular complexity index is 267. The van der Waals surface area contributed by atoms with Crippen LogP contribution in [0.1, 0.15) is 20.8 Å². The Hall–Kier alpha value is -0.230. The SMILES string of the molecule is CC(C)(C)NCC(F)(F)S(C)(=O)=O. The lowest BCUT2D eigenvalue weighted by Crippen LogP contribution is -2.46. The van der Waals surface area contributed by atoms with E-state index in [0.29, 0.717) is 6.26 Å². The van der Waals surface area contributed by atoms with Crippen molar-refractivity contribution in [2.75, 3.05) is 12.8 Å². The third-order valence-electron chi connectivity index (χ3n) is 1.37. The van der Waals surface area contributed by atoms with Crippen molar-refractivity contribution in [1.29, 1.82) is 0 Å². The Labute approximate surface area is 77.4 Å². The number of nitrogens with one attached hydrogen (secondary N) is 1. The van der Waals surface area contributed by atoms with Gasteiger partial charge in [-0.3, -0.25) is 0 Å². The smallest absolute Gasteiger partial charge is 0.305 e. The summed E-state index contributed by atoms with van der Waals surface area (Å²) in [5, 5.41) is -1.25. The third-order valence-corrected chi connectivity index (χ3v) is 2.60. The van der Waals surface area contributed by atoms with E-state index in [2.05, 4.69) is 5.32 Å². The van der Waals surface area contributed by atoms with Gasteiger partial charge < -0.3 is 5.32 Å². The number of rotatable bonds is 3. The molecule has 0 spiro atoms. The molecular weight excluding hydrogens is 200 g/mol. The molecule has 0 saturated carbocycles. The zero-order valence-electron chi connectivity index (χ0n) is 8.19. The van der Waals surface area contributed by atoms with Crippen LogP contribution in [-0.2, 0) is 9.84 Å². The van der Waals surface area contributed by atoms with Crippen molar-refractivity contribution < 1.29 is 17.2 Å². The van der Waals surface area contributed by atoms with E-state index in [1.165, 1.54) is 0 Å². The minimum absolute atomic E-state index is 0.520. The van der Waals surface area contributed by atoms with E-state index < -0.39 is 27.2 Å². The molecule has 0 aliphatic carbocycles. The van der Waals surface area contributed by atoms with Crippen molar-refractivity contribution in [2.45, 2.75) is 31.6 Å². The standard InChI is InChI=1S/C7H15F2NO2S/c1-6(2,3)10-5-7(8,9)13(4,11)12/h10H,5H2,1-4H3. The van der Waals surface area contributed by atoms with Crippen LogP contribution >= 0.6 is 0 Å². The molecule has 0 unspecified atom stereocenters. The summed E-state index contributed by atoms with van der Waals surface area (Å²) in [5.74, 6) is 0. The maximum atomic E-state index is 12.8. The van der Waals surface area contributed by atoms with Crippen molar-refractivity contribution in [3.63, 3.8) is 0 Å². The first-order valence-corrected chi connectivity index (χ1v) is 5.67. The first-order valence-electron chi connectivity index (χ1n) is 3.78. The fourth-order valence-corrected chi connectivity index (χ4v) is 0.834. The lowest BCUT2D eigenvalue weighted by Gasteiger charge is -2.24. The van der Waals surface area contributed by atoms with E-state index >= 15 is 0 Å². The molecule has 0 aromatic heterocycles. The molecule has 0 aliphatic rings. The lowest BCUT2D eigenvalue weighted by atomic mass is 10.1. The molecule has 13 heavy (non-hydrogen) atoms. The maximum Gasteiger partial charge on any atom is 0.357 e. The van der Waals surface area contributed by atoms with Crippen LogP contribution in [0.2, 0.25) is 0 Å². The minimum Gasteiger partial charge on any atom is -0.305 e. The van der Waals surface area contributed by atoms with Crippen molar-refractivity contribution in [1.82, 2.24) is 5.32 Å². The number of hydrogen-bond acceptors (Lipinski definition) is 3. The molecule has 0 aromatic carbocycles. The lowest BCUT2D eigenvalue weighted by molar-refractivity contribution is 0.0839. The number of hydrogen-bond donors (Lipinski definition) is 1. The molecule has 80 valence electrons. The first kappa shape index (κ1) is 12.8. The van der Waals surface area contributed by atoms with Gasteiger partial charge in [-0.05, 0) is 20.8 Å². The van der Waals surface area contributed by atoms with Gasteiger partial charge in [0.15, 0.2) is 0 Å². The minimum atomic E-state index is -4.32. The molecule has 0 heterocycles. The summed E-state index contributed by atoms with van der Waals surface area (Å²) in [5.41, 5.74) is -0.520. The van der Waals surface area contributed by atoms with Gasteiger partial charge in [-0.15, -0.1) is 0 Å². The largest absolute Gasteiger partial charge is 0.357 e. The summed E-state index contributed by atoms with van der Waals surface area (Å²) in [4.78, 5) is 0. The monoisotopic (exact) mass is 215 g/mol. The molecule has 0 radical (unpaired) electrons. The fraction of sp³-hybridized carbons (Fsp3) is 1.00. The van der Waals surface area contributed by atoms with Crippen LogP contribution in [-0.4, -0.2) is 32.0 Å². The zero-order chi connectivity index (χ0) is 10.9. The van der Waals surface area contributed by atoms with Gasteiger partial charge in [0.05, 0.1) is 6.54 Å². The summed E-state index contributed by atoms with van der Waals surface area (Å²) in [7, 11) is -4.32. The van der Waals surface area contributed by atoms with Crippen molar-refractivity contribution >= 4 is 9.84 Å². The highest BCUT2D eigenvalue weighted by Crippen LogP contribution is 2.20. The second-order valence-corrected chi connectivity index (χ2v) is 6.15. The fourth-order valence-electron chi connectivity index (χ4n) is 0.499. The van der Waals surface area contributed by atoms with Crippen LogP contribution in [0.15, 0.2) is 0 Å². The molecule has 0 saturated heterocycles. The second-order valence-electron chi connectivity index (χ2n) is 4.01. The van der Waals surface area contributed by atoms with Gasteiger partial charge in [0, 0.05) is 11.8 Å². The predicted molar refractivity (Wildman–Crippen MR) is 47.5 cm³/mol. The number of sulfone groups is 1. The van der Waals surface area contributed by atoms with Gasteiger partial charge in [0.2, 0.25) is 9.84 Å². The number of alkyl halides is 2. The van der Waals surface area contributed by atoms with E-state index in [-0.39, 0.29) is 0 Å². The van der Waals surface area contributed by atoms with Gasteiger partial charge in [0.1, 0.15) is 0 Å². The van der Waals surface area contributed by atoms with Crippen LogP contribution in [0, 0.1) is 0 Å². The maximum absolute atomic E-state index is 12.8. The van der Waals surface area contributed by atoms with Crippen LogP contribution in [0.3, 0.4) is 0 Å². The summed E-state index contributed by atoms with van der Waals surface area (Å²) in [6.45, 7) is 4.21. The van der Waals surface area contributed by atoms with E-state index in [1.54, 1.807) is 20.8 Å². The quantitative estimate of drug-likeness (QED) is 0.764. The summed E-state index contributed by atoms with van der Waals surface area (Å²) < 4.78 is 46.8. The Morgan fingerprint density at radius 3 is 1.85 bits per heavy atom. The van der Waals surface area contributed by atoms with E-state index in [1.807, 2.05) is 0 Å².